The molecular formula is C12H18N4O2S2. The minimum atomic E-state index is -3.88. The quantitative estimate of drug-likeness (QED) is 0.933. The van der Waals surface area contributed by atoms with Crippen LogP contribution >= 0.6 is 11.3 Å². The summed E-state index contributed by atoms with van der Waals surface area (Å²) in [6, 6.07) is 1.99. The first-order chi connectivity index (χ1) is 9.20. The van der Waals surface area contributed by atoms with Crippen molar-refractivity contribution in [1.82, 2.24) is 14.8 Å². The van der Waals surface area contributed by atoms with E-state index in [9.17, 15) is 8.42 Å². The van der Waals surface area contributed by atoms with Gasteiger partial charge in [-0.3, -0.25) is 4.57 Å². The molecule has 6 nitrogen and oxygen atoms in total. The van der Waals surface area contributed by atoms with E-state index >= 15 is 0 Å². The Morgan fingerprint density at radius 1 is 1.35 bits per heavy atom. The molecule has 0 fully saturated rings. The van der Waals surface area contributed by atoms with Gasteiger partial charge in [0, 0.05) is 11.4 Å². The molecule has 0 aliphatic heterocycles. The van der Waals surface area contributed by atoms with Crippen LogP contribution in [0.15, 0.2) is 11.2 Å². The fraction of sp³-hybridized carbons (Fsp3) is 0.500. The molecule has 0 saturated carbocycles. The van der Waals surface area contributed by atoms with Crippen LogP contribution in [0.5, 0.6) is 0 Å². The maximum Gasteiger partial charge on any atom is 0.273 e. The van der Waals surface area contributed by atoms with Crippen LogP contribution < -0.4 is 5.14 Å². The molecule has 2 aromatic heterocycles. The Bertz CT molecular complexity index is 709. The van der Waals surface area contributed by atoms with Gasteiger partial charge in [0.1, 0.15) is 0 Å². The third kappa shape index (κ3) is 2.92. The van der Waals surface area contributed by atoms with Gasteiger partial charge >= 0.3 is 0 Å². The smallest absolute Gasteiger partial charge is 0.273 e. The summed E-state index contributed by atoms with van der Waals surface area (Å²) >= 11 is 1.57. The highest BCUT2D eigenvalue weighted by atomic mass is 32.2. The SMILES string of the molecule is Cc1cc(-c2nnc(S(N)(=O)=O)n2CC(C)C)sc1C. The van der Waals surface area contributed by atoms with Crippen LogP contribution in [0.4, 0.5) is 0 Å². The third-order valence-corrected chi connectivity index (χ3v) is 4.86. The van der Waals surface area contributed by atoms with Crippen molar-refractivity contribution in [3.63, 3.8) is 0 Å². The summed E-state index contributed by atoms with van der Waals surface area (Å²) in [7, 11) is -3.88. The second-order valence-corrected chi connectivity index (χ2v) is 7.92. The van der Waals surface area contributed by atoms with Crippen molar-refractivity contribution in [3.05, 3.63) is 16.5 Å². The van der Waals surface area contributed by atoms with Gasteiger partial charge in [-0.2, -0.15) is 0 Å². The second kappa shape index (κ2) is 5.27. The average Bonchev–Trinajstić information content (AvgIpc) is 2.82. The highest BCUT2D eigenvalue weighted by Crippen LogP contribution is 2.30. The fourth-order valence-electron chi connectivity index (χ4n) is 1.89. The number of rotatable bonds is 4. The molecule has 0 aliphatic carbocycles. The lowest BCUT2D eigenvalue weighted by molar-refractivity contribution is 0.486. The van der Waals surface area contributed by atoms with Crippen molar-refractivity contribution in [1.29, 1.82) is 0 Å². The number of sulfonamides is 1. The number of primary sulfonamides is 1. The van der Waals surface area contributed by atoms with E-state index in [0.29, 0.717) is 12.4 Å². The van der Waals surface area contributed by atoms with Gasteiger partial charge in [0.2, 0.25) is 0 Å². The zero-order chi connectivity index (χ0) is 15.1. The van der Waals surface area contributed by atoms with Crippen LogP contribution in [-0.4, -0.2) is 23.2 Å². The highest BCUT2D eigenvalue weighted by molar-refractivity contribution is 7.89. The number of hydrogen-bond acceptors (Lipinski definition) is 5. The van der Waals surface area contributed by atoms with Crippen LogP contribution in [0.25, 0.3) is 10.7 Å². The van der Waals surface area contributed by atoms with Gasteiger partial charge in [0.15, 0.2) is 5.82 Å². The number of nitrogens with two attached hydrogens (primary N) is 1. The molecule has 0 radical (unpaired) electrons. The lowest BCUT2D eigenvalue weighted by atomic mass is 10.2. The maximum atomic E-state index is 11.6. The number of hydrogen-bond donors (Lipinski definition) is 1. The summed E-state index contributed by atoms with van der Waals surface area (Å²) in [6.07, 6.45) is 0. The van der Waals surface area contributed by atoms with Crippen molar-refractivity contribution in [2.45, 2.75) is 39.4 Å². The van der Waals surface area contributed by atoms with Crippen molar-refractivity contribution in [2.24, 2.45) is 11.1 Å². The van der Waals surface area contributed by atoms with Gasteiger partial charge < -0.3 is 0 Å². The van der Waals surface area contributed by atoms with E-state index in [1.807, 2.05) is 33.8 Å². The van der Waals surface area contributed by atoms with Crippen LogP contribution in [0.2, 0.25) is 0 Å². The van der Waals surface area contributed by atoms with Gasteiger partial charge in [-0.25, -0.2) is 13.6 Å². The number of aryl methyl sites for hydroxylation is 2. The number of nitrogens with zero attached hydrogens (tertiary/aromatic N) is 3. The Morgan fingerprint density at radius 2 is 2.00 bits per heavy atom. The van der Waals surface area contributed by atoms with Crippen molar-refractivity contribution in [3.8, 4) is 10.7 Å². The predicted octanol–water partition coefficient (Wildman–Crippen LogP) is 1.93. The first-order valence-corrected chi connectivity index (χ1v) is 8.60. The maximum absolute atomic E-state index is 11.6. The fourth-order valence-corrected chi connectivity index (χ4v) is 3.55. The van der Waals surface area contributed by atoms with Gasteiger partial charge in [0.25, 0.3) is 15.2 Å². The molecule has 0 saturated heterocycles. The molecule has 0 bridgehead atoms. The Kier molecular flexibility index (Phi) is 3.99. The molecule has 110 valence electrons. The molecule has 0 atom stereocenters. The summed E-state index contributed by atoms with van der Waals surface area (Å²) in [5.74, 6) is 0.816. The van der Waals surface area contributed by atoms with Crippen molar-refractivity contribution < 1.29 is 8.42 Å². The predicted molar refractivity (Wildman–Crippen MR) is 79.0 cm³/mol. The molecule has 8 heteroatoms. The summed E-state index contributed by atoms with van der Waals surface area (Å²) < 4.78 is 24.8. The Hall–Kier alpha value is -1.25. The molecule has 0 spiro atoms. The van der Waals surface area contributed by atoms with Gasteiger partial charge in [-0.15, -0.1) is 21.5 Å². The molecule has 0 aromatic carbocycles. The van der Waals surface area contributed by atoms with Crippen molar-refractivity contribution >= 4 is 21.4 Å². The van der Waals surface area contributed by atoms with Crippen LogP contribution in [0.1, 0.15) is 24.3 Å². The average molecular weight is 314 g/mol. The minimum absolute atomic E-state index is 0.176. The lowest BCUT2D eigenvalue weighted by Crippen LogP contribution is -2.20. The zero-order valence-electron chi connectivity index (χ0n) is 11.9. The van der Waals surface area contributed by atoms with Gasteiger partial charge in [-0.05, 0) is 31.4 Å². The normalized spacial score (nSPS) is 12.3. The summed E-state index contributed by atoms with van der Waals surface area (Å²) in [6.45, 7) is 8.54. The van der Waals surface area contributed by atoms with Crippen LogP contribution in [0.3, 0.4) is 0 Å². The molecule has 2 rings (SSSR count). The topological polar surface area (TPSA) is 90.9 Å². The van der Waals surface area contributed by atoms with Crippen LogP contribution in [0, 0.1) is 19.8 Å². The zero-order valence-corrected chi connectivity index (χ0v) is 13.5. The summed E-state index contributed by atoms with van der Waals surface area (Å²) in [5.41, 5.74) is 1.15. The van der Waals surface area contributed by atoms with Crippen LogP contribution in [-0.2, 0) is 16.6 Å². The standard InChI is InChI=1S/C12H18N4O2S2/c1-7(2)6-16-11(10-5-8(3)9(4)19-10)14-15-12(16)20(13,17)18/h5,7H,6H2,1-4H3,(H2,13,17,18). The third-order valence-electron chi connectivity index (χ3n) is 2.91. The van der Waals surface area contributed by atoms with E-state index in [0.717, 1.165) is 10.4 Å². The monoisotopic (exact) mass is 314 g/mol. The Balaban J connectivity index is 2.62. The highest BCUT2D eigenvalue weighted by Gasteiger charge is 2.23. The van der Waals surface area contributed by atoms with E-state index in [2.05, 4.69) is 10.2 Å². The van der Waals surface area contributed by atoms with E-state index in [1.165, 1.54) is 4.88 Å². The molecule has 0 unspecified atom stereocenters. The number of thiophene rings is 1. The van der Waals surface area contributed by atoms with E-state index in [-0.39, 0.29) is 11.1 Å². The summed E-state index contributed by atoms with van der Waals surface area (Å²) in [4.78, 5) is 2.08. The van der Waals surface area contributed by atoms with Gasteiger partial charge in [-0.1, -0.05) is 13.8 Å². The van der Waals surface area contributed by atoms with E-state index in [4.69, 9.17) is 5.14 Å². The number of aromatic nitrogens is 3. The molecular weight excluding hydrogens is 296 g/mol. The first kappa shape index (κ1) is 15.1. The largest absolute Gasteiger partial charge is 0.296 e. The first-order valence-electron chi connectivity index (χ1n) is 6.23. The lowest BCUT2D eigenvalue weighted by Gasteiger charge is -2.10. The van der Waals surface area contributed by atoms with E-state index < -0.39 is 10.0 Å². The molecule has 2 aromatic rings. The Morgan fingerprint density at radius 3 is 2.45 bits per heavy atom. The molecule has 2 heterocycles. The second-order valence-electron chi connectivity index (χ2n) is 5.21. The van der Waals surface area contributed by atoms with E-state index in [1.54, 1.807) is 15.9 Å². The van der Waals surface area contributed by atoms with Gasteiger partial charge in [0.05, 0.1) is 4.88 Å². The molecule has 0 amide bonds. The molecule has 0 aliphatic rings. The van der Waals surface area contributed by atoms with Crippen molar-refractivity contribution in [2.75, 3.05) is 0 Å². The Labute approximate surface area is 122 Å². The summed E-state index contributed by atoms with van der Waals surface area (Å²) in [5, 5.41) is 12.8. The minimum Gasteiger partial charge on any atom is -0.296 e. The molecule has 2 N–H and O–H groups in total. The molecule has 20 heavy (non-hydrogen) atoms.